The number of carbonyl (C=O) groups is 1. The lowest BCUT2D eigenvalue weighted by Crippen LogP contribution is -2.48. The number of carboxylic acids is 1. The van der Waals surface area contributed by atoms with E-state index < -0.39 is 21.4 Å². The molecule has 1 saturated heterocycles. The third kappa shape index (κ3) is 4.04. The maximum Gasteiger partial charge on any atom is 0.317 e. The number of aromatic nitrogens is 4. The summed E-state index contributed by atoms with van der Waals surface area (Å²) in [5.41, 5.74) is 2.20. The zero-order valence-corrected chi connectivity index (χ0v) is 20.0. The van der Waals surface area contributed by atoms with E-state index in [1.165, 1.54) is 10.6 Å². The first-order chi connectivity index (χ1) is 16.6. The Balaban J connectivity index is 1.57. The number of hydrogen-bond donors (Lipinski definition) is 2. The molecule has 3 heterocycles. The minimum atomic E-state index is -4.03. The molecule has 0 bridgehead atoms. The van der Waals surface area contributed by atoms with Crippen molar-refractivity contribution in [1.82, 2.24) is 24.7 Å². The summed E-state index contributed by atoms with van der Waals surface area (Å²) in [7, 11) is -4.03. The van der Waals surface area contributed by atoms with Crippen molar-refractivity contribution in [2.45, 2.75) is 23.8 Å². The summed E-state index contributed by atoms with van der Waals surface area (Å²) in [5, 5.41) is 15.8. The van der Waals surface area contributed by atoms with Crippen LogP contribution in [0.4, 0.5) is 5.69 Å². The largest absolute Gasteiger partial charge is 0.480 e. The lowest BCUT2D eigenvalue weighted by Gasteiger charge is -2.35. The number of aromatic amines is 1. The molecule has 2 N–H and O–H groups in total. The molecule has 11 nitrogen and oxygen atoms in total. The Morgan fingerprint density at radius 1 is 1.09 bits per heavy atom. The maximum absolute atomic E-state index is 13.4. The standard InChI is InChI=1S/C23H24N6O5S/c1-14-3-6-19(15(2)11-14)35(33,34)23-21-24-22(32)17-5-4-16(12-18(17)29(21)26-25-23)28-9-7-27(8-10-28)13-20(30)31/h3-6,11-12,26H,7-10,13H2,1-2H3,(H,30,31). The maximum atomic E-state index is 13.4. The molecule has 5 rings (SSSR count). The van der Waals surface area contributed by atoms with Crippen LogP contribution in [0.1, 0.15) is 11.1 Å². The molecule has 0 unspecified atom stereocenters. The highest BCUT2D eigenvalue weighted by Crippen LogP contribution is 2.27. The molecule has 1 aliphatic rings. The molecule has 1 aliphatic heterocycles. The second-order valence-corrected chi connectivity index (χ2v) is 10.6. The molecule has 0 radical (unpaired) electrons. The Bertz CT molecular complexity index is 1630. The number of rotatable bonds is 5. The first-order valence-electron chi connectivity index (χ1n) is 11.1. The van der Waals surface area contributed by atoms with E-state index in [1.807, 2.05) is 17.9 Å². The molecule has 0 atom stereocenters. The van der Waals surface area contributed by atoms with E-state index in [1.54, 1.807) is 31.2 Å². The second kappa shape index (κ2) is 8.47. The van der Waals surface area contributed by atoms with Crippen LogP contribution in [0.3, 0.4) is 0 Å². The Kier molecular flexibility index (Phi) is 5.56. The van der Waals surface area contributed by atoms with Crippen LogP contribution in [-0.2, 0) is 14.6 Å². The fraction of sp³-hybridized carbons (Fsp3) is 0.304. The molecule has 0 amide bonds. The Labute approximate surface area is 200 Å². The lowest BCUT2D eigenvalue weighted by atomic mass is 10.2. The SMILES string of the molecule is Cc1ccc(S(=O)(=O)c2n[nH]n3c2nc(=O)c2ccc(N4CCN(CC(=O)O)CC4)cc23)c(C)c1. The normalized spacial score (nSPS) is 15.2. The number of hydrogen-bond acceptors (Lipinski definition) is 8. The van der Waals surface area contributed by atoms with E-state index in [9.17, 15) is 18.0 Å². The smallest absolute Gasteiger partial charge is 0.317 e. The summed E-state index contributed by atoms with van der Waals surface area (Å²) in [5.74, 6) is -0.857. The van der Waals surface area contributed by atoms with Crippen molar-refractivity contribution in [2.75, 3.05) is 37.6 Å². The number of fused-ring (bicyclic) bond motifs is 3. The van der Waals surface area contributed by atoms with Crippen molar-refractivity contribution in [3.63, 3.8) is 0 Å². The summed E-state index contributed by atoms with van der Waals surface area (Å²) in [6.45, 7) is 6.03. The van der Waals surface area contributed by atoms with Gasteiger partial charge in [0.05, 0.1) is 22.3 Å². The van der Waals surface area contributed by atoms with Gasteiger partial charge in [0.1, 0.15) is 0 Å². The summed E-state index contributed by atoms with van der Waals surface area (Å²) in [6, 6.07) is 10.3. The van der Waals surface area contributed by atoms with Gasteiger partial charge in [-0.1, -0.05) is 17.7 Å². The molecule has 182 valence electrons. The Hall–Kier alpha value is -3.77. The average Bonchev–Trinajstić information content (AvgIpc) is 3.23. The number of aryl methyl sites for hydroxylation is 2. The molecule has 35 heavy (non-hydrogen) atoms. The van der Waals surface area contributed by atoms with Crippen molar-refractivity contribution in [1.29, 1.82) is 0 Å². The molecule has 1 fully saturated rings. The zero-order valence-electron chi connectivity index (χ0n) is 19.2. The van der Waals surface area contributed by atoms with Crippen molar-refractivity contribution >= 4 is 38.0 Å². The van der Waals surface area contributed by atoms with Crippen LogP contribution in [0.2, 0.25) is 0 Å². The number of sulfone groups is 1. The minimum Gasteiger partial charge on any atom is -0.480 e. The highest BCUT2D eigenvalue weighted by molar-refractivity contribution is 7.91. The quantitative estimate of drug-likeness (QED) is 0.417. The van der Waals surface area contributed by atoms with Gasteiger partial charge in [-0.15, -0.1) is 5.10 Å². The van der Waals surface area contributed by atoms with Gasteiger partial charge in [-0.25, -0.2) is 18.1 Å². The topological polar surface area (TPSA) is 141 Å². The second-order valence-electron chi connectivity index (χ2n) is 8.72. The van der Waals surface area contributed by atoms with Crippen LogP contribution in [0.15, 0.2) is 51.1 Å². The van der Waals surface area contributed by atoms with Gasteiger partial charge in [-0.3, -0.25) is 14.5 Å². The monoisotopic (exact) mass is 496 g/mol. The van der Waals surface area contributed by atoms with E-state index in [2.05, 4.69) is 20.2 Å². The van der Waals surface area contributed by atoms with Gasteiger partial charge >= 0.3 is 5.97 Å². The van der Waals surface area contributed by atoms with Crippen LogP contribution in [0, 0.1) is 13.8 Å². The van der Waals surface area contributed by atoms with E-state index >= 15 is 0 Å². The predicted octanol–water partition coefficient (Wildman–Crippen LogP) is 1.23. The molecule has 0 saturated carbocycles. The molecule has 4 aromatic rings. The van der Waals surface area contributed by atoms with Crippen molar-refractivity contribution in [3.05, 3.63) is 57.9 Å². The molecule has 12 heteroatoms. The number of benzene rings is 2. The highest BCUT2D eigenvalue weighted by atomic mass is 32.2. The molecule has 2 aromatic heterocycles. The number of piperazine rings is 1. The highest BCUT2D eigenvalue weighted by Gasteiger charge is 2.28. The Morgan fingerprint density at radius 2 is 1.83 bits per heavy atom. The van der Waals surface area contributed by atoms with E-state index in [-0.39, 0.29) is 22.1 Å². The molecule has 0 spiro atoms. The fourth-order valence-corrected chi connectivity index (χ4v) is 6.01. The van der Waals surface area contributed by atoms with Gasteiger partial charge in [0.15, 0.2) is 5.65 Å². The number of nitrogens with one attached hydrogen (secondary N) is 1. The van der Waals surface area contributed by atoms with E-state index in [0.717, 1.165) is 11.3 Å². The fourth-order valence-electron chi connectivity index (χ4n) is 4.53. The van der Waals surface area contributed by atoms with Gasteiger partial charge < -0.3 is 10.0 Å². The number of nitrogens with zero attached hydrogens (tertiary/aromatic N) is 5. The van der Waals surface area contributed by atoms with Crippen LogP contribution >= 0.6 is 0 Å². The molecule has 0 aliphatic carbocycles. The van der Waals surface area contributed by atoms with Crippen molar-refractivity contribution in [2.24, 2.45) is 0 Å². The average molecular weight is 497 g/mol. The predicted molar refractivity (Wildman–Crippen MR) is 129 cm³/mol. The Morgan fingerprint density at radius 3 is 2.51 bits per heavy atom. The summed E-state index contributed by atoms with van der Waals surface area (Å²) in [6.07, 6.45) is 0. The lowest BCUT2D eigenvalue weighted by molar-refractivity contribution is -0.138. The minimum absolute atomic E-state index is 0.000895. The molecular weight excluding hydrogens is 472 g/mol. The third-order valence-corrected chi connectivity index (χ3v) is 8.11. The van der Waals surface area contributed by atoms with Crippen LogP contribution in [-0.4, -0.2) is 76.9 Å². The number of anilines is 1. The molecular formula is C23H24N6O5S. The van der Waals surface area contributed by atoms with Crippen LogP contribution in [0.25, 0.3) is 16.6 Å². The first-order valence-corrected chi connectivity index (χ1v) is 12.6. The zero-order chi connectivity index (χ0) is 24.9. The van der Waals surface area contributed by atoms with Gasteiger partial charge in [0.25, 0.3) is 5.56 Å². The van der Waals surface area contributed by atoms with Gasteiger partial charge in [-0.05, 0) is 43.7 Å². The molecule has 2 aromatic carbocycles. The number of carboxylic acid groups (broad SMARTS) is 1. The van der Waals surface area contributed by atoms with E-state index in [4.69, 9.17) is 5.11 Å². The van der Waals surface area contributed by atoms with Gasteiger partial charge in [0, 0.05) is 31.9 Å². The van der Waals surface area contributed by atoms with E-state index in [0.29, 0.717) is 42.6 Å². The van der Waals surface area contributed by atoms with Crippen molar-refractivity contribution < 1.29 is 18.3 Å². The van der Waals surface area contributed by atoms with Gasteiger partial charge in [-0.2, -0.15) is 4.98 Å². The summed E-state index contributed by atoms with van der Waals surface area (Å²) in [4.78, 5) is 31.9. The van der Waals surface area contributed by atoms with Crippen LogP contribution < -0.4 is 10.5 Å². The number of aliphatic carboxylic acids is 1. The summed E-state index contributed by atoms with van der Waals surface area (Å²) >= 11 is 0. The summed E-state index contributed by atoms with van der Waals surface area (Å²) < 4.78 is 28.2. The van der Waals surface area contributed by atoms with Gasteiger partial charge in [0.2, 0.25) is 14.9 Å². The number of H-pyrrole nitrogens is 1. The third-order valence-electron chi connectivity index (χ3n) is 6.29. The van der Waals surface area contributed by atoms with Crippen molar-refractivity contribution in [3.8, 4) is 0 Å². The van der Waals surface area contributed by atoms with Crippen LogP contribution in [0.5, 0.6) is 0 Å². The first kappa shape index (κ1) is 23.0.